The average Bonchev–Trinajstić information content (AvgIpc) is 3.25. The van der Waals surface area contributed by atoms with Gasteiger partial charge in [0.2, 0.25) is 11.1 Å². The molecule has 58 heavy (non-hydrogen) atoms. The molecule has 0 amide bonds. The summed E-state index contributed by atoms with van der Waals surface area (Å²) in [5.41, 5.74) is 11.3. The molecule has 4 N–H and O–H groups in total. The minimum atomic E-state index is -1.98. The van der Waals surface area contributed by atoms with Crippen molar-refractivity contribution in [2.24, 2.45) is 11.5 Å². The summed E-state index contributed by atoms with van der Waals surface area (Å²) in [5.74, 6) is 1.30. The summed E-state index contributed by atoms with van der Waals surface area (Å²) in [6.45, 7) is 7.13. The lowest BCUT2D eigenvalue weighted by atomic mass is 9.96. The molecule has 0 heterocycles. The third-order valence-corrected chi connectivity index (χ3v) is 11.6. The quantitative estimate of drug-likeness (QED) is 0.0461. The summed E-state index contributed by atoms with van der Waals surface area (Å²) in [6, 6.07) is 15.8. The summed E-state index contributed by atoms with van der Waals surface area (Å²) in [6.07, 6.45) is 2.86. The summed E-state index contributed by atoms with van der Waals surface area (Å²) >= 11 is 3.51. The molecule has 0 spiro atoms. The predicted octanol–water partition coefficient (Wildman–Crippen LogP) is 4.68. The molecule has 2 rings (SSSR count). The van der Waals surface area contributed by atoms with E-state index in [-0.39, 0.29) is 26.1 Å². The normalized spacial score (nSPS) is 13.3. The fraction of sp³-hybridized carbons (Fsp3) is 0.619. The first kappa shape index (κ1) is 50.6. The molecule has 0 bridgehead atoms. The Balaban J connectivity index is 2.28. The number of unbranched alkanes of at least 4 members (excludes halogenated alkanes) is 2. The van der Waals surface area contributed by atoms with Gasteiger partial charge in [-0.05, 0) is 61.1 Å². The Morgan fingerprint density at radius 3 is 1.22 bits per heavy atom. The molecule has 16 heteroatoms. The topological polar surface area (TPSA) is 182 Å². The number of hydrogen-bond acceptors (Lipinski definition) is 16. The van der Waals surface area contributed by atoms with Gasteiger partial charge >= 0.3 is 23.9 Å². The van der Waals surface area contributed by atoms with Gasteiger partial charge in [0.1, 0.15) is 11.5 Å². The van der Waals surface area contributed by atoms with Gasteiger partial charge in [0.15, 0.2) is 0 Å². The molecule has 14 nitrogen and oxygen atoms in total. The highest BCUT2D eigenvalue weighted by molar-refractivity contribution is 7.98. The number of ether oxygens (including phenoxy) is 6. The van der Waals surface area contributed by atoms with Crippen LogP contribution in [0.4, 0.5) is 0 Å². The molecule has 0 aromatic heterocycles. The number of thioether (sulfide) groups is 2. The molecule has 0 aliphatic rings. The minimum Gasteiger partial charge on any atom is -0.497 e. The van der Waals surface area contributed by atoms with Crippen molar-refractivity contribution in [2.45, 2.75) is 75.0 Å². The molecule has 0 fully saturated rings. The van der Waals surface area contributed by atoms with E-state index in [1.807, 2.05) is 62.4 Å². The van der Waals surface area contributed by atoms with Gasteiger partial charge in [-0.2, -0.15) is 23.5 Å². The van der Waals surface area contributed by atoms with Crippen molar-refractivity contribution in [3.63, 3.8) is 0 Å². The van der Waals surface area contributed by atoms with E-state index < -0.39 is 35.0 Å². The fourth-order valence-electron chi connectivity index (χ4n) is 5.65. The van der Waals surface area contributed by atoms with Gasteiger partial charge in [-0.3, -0.25) is 0 Å². The fourth-order valence-corrected chi connectivity index (χ4v) is 7.57. The number of nitrogens with zero attached hydrogens (tertiary/aromatic N) is 2. The van der Waals surface area contributed by atoms with Gasteiger partial charge in [-0.15, -0.1) is 0 Å². The lowest BCUT2D eigenvalue weighted by molar-refractivity contribution is -0.165. The van der Waals surface area contributed by atoms with E-state index in [2.05, 4.69) is 9.80 Å². The molecule has 2 aromatic carbocycles. The number of benzene rings is 2. The third-order valence-electron chi connectivity index (χ3n) is 9.63. The average molecular weight is 851 g/mol. The second kappa shape index (κ2) is 28.0. The van der Waals surface area contributed by atoms with Crippen LogP contribution in [-0.2, 0) is 49.6 Å². The standard InChI is InChI=1S/C42H66N4O10S2/c1-7-9-27-55-39(49)41(43,37(47)53-5)19-21-45(25-29-57-31-33-11-15-35(51-3)16-12-33)23-24-46(26-30-58-32-34-13-17-36(52-4)18-14-34)22-20-42(44,38(48)54-6)40(50)56-28-10-8-2/h11-18H,7-10,19-32,43-44H2,1-6H3. The second-order valence-corrected chi connectivity index (χ2v) is 16.1. The zero-order valence-electron chi connectivity index (χ0n) is 35.3. The molecule has 2 atom stereocenters. The Morgan fingerprint density at radius 1 is 0.552 bits per heavy atom. The largest absolute Gasteiger partial charge is 0.497 e. The number of carbonyl (C=O) groups is 4. The molecular formula is C42H66N4O10S2. The van der Waals surface area contributed by atoms with Crippen molar-refractivity contribution in [3.05, 3.63) is 59.7 Å². The zero-order chi connectivity index (χ0) is 42.8. The van der Waals surface area contributed by atoms with Gasteiger partial charge in [-0.1, -0.05) is 51.0 Å². The van der Waals surface area contributed by atoms with E-state index in [9.17, 15) is 19.2 Å². The highest BCUT2D eigenvalue weighted by Gasteiger charge is 2.46. The molecular weight excluding hydrogens is 785 g/mol. The monoisotopic (exact) mass is 850 g/mol. The van der Waals surface area contributed by atoms with E-state index >= 15 is 0 Å². The van der Waals surface area contributed by atoms with Crippen molar-refractivity contribution in [2.75, 3.05) is 92.4 Å². The van der Waals surface area contributed by atoms with Crippen molar-refractivity contribution in [1.29, 1.82) is 0 Å². The van der Waals surface area contributed by atoms with Crippen LogP contribution in [-0.4, -0.2) is 137 Å². The van der Waals surface area contributed by atoms with E-state index in [0.29, 0.717) is 52.1 Å². The number of carbonyl (C=O) groups excluding carboxylic acids is 4. The summed E-state index contributed by atoms with van der Waals surface area (Å²) in [5, 5.41) is 0. The van der Waals surface area contributed by atoms with Crippen molar-refractivity contribution < 1.29 is 47.6 Å². The van der Waals surface area contributed by atoms with Crippen molar-refractivity contribution >= 4 is 47.4 Å². The molecule has 0 saturated heterocycles. The van der Waals surface area contributed by atoms with Gasteiger partial charge in [0.05, 0.1) is 41.7 Å². The van der Waals surface area contributed by atoms with Crippen LogP contribution in [0.1, 0.15) is 63.5 Å². The number of rotatable bonds is 31. The summed E-state index contributed by atoms with van der Waals surface area (Å²) in [4.78, 5) is 56.5. The first-order valence-corrected chi connectivity index (χ1v) is 22.2. The SMILES string of the molecule is CCCCOC(=O)C(N)(CCN(CCSCc1ccc(OC)cc1)CCN(CCSCc1ccc(OC)cc1)CCC(N)(C(=O)OC)C(=O)OCCCC)C(=O)OC. The first-order valence-electron chi connectivity index (χ1n) is 19.9. The maximum Gasteiger partial charge on any atom is 0.337 e. The zero-order valence-corrected chi connectivity index (χ0v) is 36.9. The molecule has 0 saturated carbocycles. The van der Waals surface area contributed by atoms with Gasteiger partial charge in [0, 0.05) is 62.3 Å². The second-order valence-electron chi connectivity index (χ2n) is 13.9. The smallest absolute Gasteiger partial charge is 0.337 e. The predicted molar refractivity (Wildman–Crippen MR) is 230 cm³/mol. The van der Waals surface area contributed by atoms with Crippen LogP contribution in [0.25, 0.3) is 0 Å². The van der Waals surface area contributed by atoms with Crippen LogP contribution in [0.3, 0.4) is 0 Å². The Hall–Kier alpha value is -3.54. The lowest BCUT2D eigenvalue weighted by Crippen LogP contribution is -2.58. The van der Waals surface area contributed by atoms with E-state index in [1.165, 1.54) is 14.2 Å². The van der Waals surface area contributed by atoms with Crippen LogP contribution in [0.2, 0.25) is 0 Å². The molecule has 0 aliphatic carbocycles. The molecule has 326 valence electrons. The maximum absolute atomic E-state index is 13.2. The number of nitrogens with two attached hydrogens (primary N) is 2. The van der Waals surface area contributed by atoms with E-state index in [1.54, 1.807) is 37.7 Å². The Morgan fingerprint density at radius 2 is 0.914 bits per heavy atom. The first-order chi connectivity index (χ1) is 27.9. The van der Waals surface area contributed by atoms with Gasteiger partial charge < -0.3 is 49.7 Å². The van der Waals surface area contributed by atoms with Crippen LogP contribution < -0.4 is 20.9 Å². The molecule has 2 aromatic rings. The van der Waals surface area contributed by atoms with Crippen molar-refractivity contribution in [1.82, 2.24) is 9.80 Å². The highest BCUT2D eigenvalue weighted by Crippen LogP contribution is 2.20. The van der Waals surface area contributed by atoms with Crippen LogP contribution in [0.15, 0.2) is 48.5 Å². The van der Waals surface area contributed by atoms with Crippen LogP contribution in [0.5, 0.6) is 11.5 Å². The summed E-state index contributed by atoms with van der Waals surface area (Å²) < 4.78 is 31.3. The van der Waals surface area contributed by atoms with Gasteiger partial charge in [0.25, 0.3) is 0 Å². The third kappa shape index (κ3) is 17.4. The molecule has 0 aliphatic heterocycles. The Kier molecular flexibility index (Phi) is 24.4. The van der Waals surface area contributed by atoms with E-state index in [0.717, 1.165) is 58.5 Å². The Bertz CT molecular complexity index is 1390. The van der Waals surface area contributed by atoms with Crippen LogP contribution in [0, 0.1) is 0 Å². The Labute approximate surface area is 353 Å². The number of esters is 4. The van der Waals surface area contributed by atoms with Gasteiger partial charge in [-0.25, -0.2) is 19.2 Å². The molecule has 2 unspecified atom stereocenters. The van der Waals surface area contributed by atoms with E-state index in [4.69, 9.17) is 39.9 Å². The maximum atomic E-state index is 13.2. The van der Waals surface area contributed by atoms with Crippen molar-refractivity contribution in [3.8, 4) is 11.5 Å². The number of methoxy groups -OCH3 is 4. The highest BCUT2D eigenvalue weighted by atomic mass is 32.2. The minimum absolute atomic E-state index is 0.0245. The van der Waals surface area contributed by atoms with Crippen LogP contribution >= 0.6 is 23.5 Å². The lowest BCUT2D eigenvalue weighted by Gasteiger charge is -2.32. The number of hydrogen-bond donors (Lipinski definition) is 2. The molecule has 0 radical (unpaired) electrons. The summed E-state index contributed by atoms with van der Waals surface area (Å²) in [7, 11) is 5.67.